The summed E-state index contributed by atoms with van der Waals surface area (Å²) in [5, 5.41) is 29.6. The fourth-order valence-electron chi connectivity index (χ4n) is 2.07. The van der Waals surface area contributed by atoms with Crippen molar-refractivity contribution in [2.75, 3.05) is 0 Å². The Kier molecular flexibility index (Phi) is 8.94. The van der Waals surface area contributed by atoms with Gasteiger partial charge in [-0.15, -0.1) is 5.75 Å². The molecule has 0 spiro atoms. The second-order valence-corrected chi connectivity index (χ2v) is 4.91. The van der Waals surface area contributed by atoms with Crippen LogP contribution in [-0.2, 0) is 21.1 Å². The number of carboxylic acid groups (broad SMARTS) is 2. The zero-order chi connectivity index (χ0) is 16.0. The molecule has 0 aliphatic heterocycles. The second kappa shape index (κ2) is 9.56. The molecule has 0 radical (unpaired) electrons. The van der Waals surface area contributed by atoms with Crippen LogP contribution in [0.1, 0.15) is 46.4 Å². The van der Waals surface area contributed by atoms with Gasteiger partial charge in [0.2, 0.25) is 0 Å². The monoisotopic (exact) mass is 489 g/mol. The molecule has 1 aliphatic rings. The van der Waals surface area contributed by atoms with Crippen molar-refractivity contribution in [3.8, 4) is 5.75 Å². The molecule has 1 aromatic carbocycles. The van der Waals surface area contributed by atoms with E-state index in [-0.39, 0.29) is 33.1 Å². The Morgan fingerprint density at radius 1 is 1.09 bits per heavy atom. The molecule has 7 nitrogen and oxygen atoms in total. The van der Waals surface area contributed by atoms with Gasteiger partial charge in [-0.1, -0.05) is 25.0 Å². The van der Waals surface area contributed by atoms with E-state index in [0.29, 0.717) is 0 Å². The van der Waals surface area contributed by atoms with Gasteiger partial charge in [0.1, 0.15) is 0 Å². The van der Waals surface area contributed by atoms with Crippen LogP contribution in [0.3, 0.4) is 0 Å². The molecule has 0 aromatic heterocycles. The topological polar surface area (TPSA) is 153 Å². The first-order chi connectivity index (χ1) is 9.82. The van der Waals surface area contributed by atoms with Gasteiger partial charge in [0.05, 0.1) is 11.5 Å². The average Bonchev–Trinajstić information content (AvgIpc) is 2.42. The maximum absolute atomic E-state index is 10.7. The summed E-state index contributed by atoms with van der Waals surface area (Å²) in [7, 11) is 0. The van der Waals surface area contributed by atoms with Crippen LogP contribution in [0.15, 0.2) is 18.2 Å². The van der Waals surface area contributed by atoms with E-state index >= 15 is 0 Å². The summed E-state index contributed by atoms with van der Waals surface area (Å²) < 4.78 is 0. The van der Waals surface area contributed by atoms with Gasteiger partial charge in [0.15, 0.2) is 0 Å². The molecule has 22 heavy (non-hydrogen) atoms. The fraction of sp³-hybridized carbons (Fsp3) is 0.429. The van der Waals surface area contributed by atoms with Crippen LogP contribution in [0.5, 0.6) is 5.75 Å². The van der Waals surface area contributed by atoms with Gasteiger partial charge in [0, 0.05) is 17.6 Å². The van der Waals surface area contributed by atoms with Crippen molar-refractivity contribution in [2.24, 2.45) is 11.5 Å². The number of benzene rings is 1. The standard InChI is InChI=1S/C8H6O5.C6H14N2.Pt/c9-4-1-2-5(7(10)11)6(3-4)8(12)13;7-5-3-1-2-4-6(5)8;/h1-3,9H,(H,10,11)(H,12,13);5-6H,1-4,7-8H2;/q;;+2/p-2. The predicted octanol–water partition coefficient (Wildman–Crippen LogP) is -0.966. The molecule has 1 fully saturated rings. The third-order valence-corrected chi connectivity index (χ3v) is 3.32. The van der Waals surface area contributed by atoms with Gasteiger partial charge in [-0.3, -0.25) is 0 Å². The molecule has 1 saturated carbocycles. The Labute approximate surface area is 142 Å². The molecule has 2 unspecified atom stereocenters. The molecule has 1 aliphatic carbocycles. The van der Waals surface area contributed by atoms with E-state index in [9.17, 15) is 19.8 Å². The first kappa shape index (κ1) is 20.6. The Balaban J connectivity index is 0.000000423. The van der Waals surface area contributed by atoms with Crippen LogP contribution >= 0.6 is 0 Å². The van der Waals surface area contributed by atoms with Crippen molar-refractivity contribution < 1.29 is 46.0 Å². The van der Waals surface area contributed by atoms with E-state index in [1.807, 2.05) is 0 Å². The van der Waals surface area contributed by atoms with Crippen molar-refractivity contribution in [1.29, 1.82) is 0 Å². The Bertz CT molecular complexity index is 514. The van der Waals surface area contributed by atoms with Gasteiger partial charge < -0.3 is 31.6 Å². The largest absolute Gasteiger partial charge is 2.00 e. The molecule has 124 valence electrons. The molecule has 2 atom stereocenters. The molecule has 1 aromatic rings. The minimum atomic E-state index is -1.67. The predicted molar refractivity (Wildman–Crippen MR) is 71.6 cm³/mol. The Hall–Kier alpha value is -1.43. The van der Waals surface area contributed by atoms with E-state index in [1.54, 1.807) is 0 Å². The van der Waals surface area contributed by atoms with Crippen LogP contribution in [-0.4, -0.2) is 29.1 Å². The first-order valence-corrected chi connectivity index (χ1v) is 6.59. The van der Waals surface area contributed by atoms with Crippen LogP contribution in [0.25, 0.3) is 0 Å². The van der Waals surface area contributed by atoms with Gasteiger partial charge in [-0.05, 0) is 18.9 Å². The molecule has 0 amide bonds. The third-order valence-electron chi connectivity index (χ3n) is 3.32. The van der Waals surface area contributed by atoms with Gasteiger partial charge >= 0.3 is 27.0 Å². The maximum atomic E-state index is 10.7. The van der Waals surface area contributed by atoms with E-state index in [2.05, 4.69) is 0 Å². The molecule has 0 heterocycles. The normalized spacial score (nSPS) is 20.1. The summed E-state index contributed by atoms with van der Waals surface area (Å²) in [4.78, 5) is 20.8. The summed E-state index contributed by atoms with van der Waals surface area (Å²) in [6.45, 7) is 0. The van der Waals surface area contributed by atoms with E-state index in [4.69, 9.17) is 16.6 Å². The average molecular weight is 489 g/mol. The molecule has 0 bridgehead atoms. The molecule has 2 rings (SSSR count). The number of carbonyl (C=O) groups is 2. The SMILES string of the molecule is NC1CCCCC1N.O=C([O-])c1cc([O-])ccc1C(=O)O.[Pt+2]. The molecule has 8 heteroatoms. The summed E-state index contributed by atoms with van der Waals surface area (Å²) in [5.41, 5.74) is 10.3. The zero-order valence-electron chi connectivity index (χ0n) is 11.8. The van der Waals surface area contributed by atoms with Crippen molar-refractivity contribution in [3.63, 3.8) is 0 Å². The van der Waals surface area contributed by atoms with Crippen LogP contribution < -0.4 is 21.7 Å². The minimum absolute atomic E-state index is 0. The molecular weight excluding hydrogens is 471 g/mol. The van der Waals surface area contributed by atoms with Gasteiger partial charge in [0.25, 0.3) is 0 Å². The number of hydrogen-bond acceptors (Lipinski definition) is 6. The van der Waals surface area contributed by atoms with Crippen LogP contribution in [0.4, 0.5) is 0 Å². The third kappa shape index (κ3) is 6.13. The molecule has 5 N–H and O–H groups in total. The number of hydrogen-bond donors (Lipinski definition) is 3. The van der Waals surface area contributed by atoms with Crippen LogP contribution in [0.2, 0.25) is 0 Å². The minimum Gasteiger partial charge on any atom is -0.872 e. The van der Waals surface area contributed by atoms with Gasteiger partial charge in [-0.25, -0.2) is 4.79 Å². The van der Waals surface area contributed by atoms with Crippen molar-refractivity contribution in [1.82, 2.24) is 0 Å². The molecule has 0 saturated heterocycles. The Morgan fingerprint density at radius 2 is 1.59 bits per heavy atom. The quantitative estimate of drug-likeness (QED) is 0.484. The van der Waals surface area contributed by atoms with E-state index in [0.717, 1.165) is 31.0 Å². The van der Waals surface area contributed by atoms with Crippen molar-refractivity contribution >= 4 is 11.9 Å². The summed E-state index contributed by atoms with van der Waals surface area (Å²) in [6, 6.07) is 3.21. The fourth-order valence-corrected chi connectivity index (χ4v) is 2.07. The number of aromatic carboxylic acids is 2. The maximum Gasteiger partial charge on any atom is 2.00 e. The van der Waals surface area contributed by atoms with Crippen molar-refractivity contribution in [2.45, 2.75) is 37.8 Å². The summed E-state index contributed by atoms with van der Waals surface area (Å²) in [5.74, 6) is -3.64. The van der Waals surface area contributed by atoms with Gasteiger partial charge in [-0.2, -0.15) is 0 Å². The first-order valence-electron chi connectivity index (χ1n) is 6.59. The number of rotatable bonds is 2. The molecular formula is C14H18N2O5Pt. The zero-order valence-corrected chi connectivity index (χ0v) is 14.0. The number of carboxylic acids is 2. The summed E-state index contributed by atoms with van der Waals surface area (Å²) >= 11 is 0. The summed E-state index contributed by atoms with van der Waals surface area (Å²) in [6.07, 6.45) is 4.80. The second-order valence-electron chi connectivity index (χ2n) is 4.91. The number of carbonyl (C=O) groups excluding carboxylic acids is 1. The van der Waals surface area contributed by atoms with Crippen LogP contribution in [0, 0.1) is 0 Å². The number of nitrogens with two attached hydrogens (primary N) is 2. The van der Waals surface area contributed by atoms with E-state index in [1.165, 1.54) is 12.8 Å². The Morgan fingerprint density at radius 3 is 1.95 bits per heavy atom. The smallest absolute Gasteiger partial charge is 0.872 e. The van der Waals surface area contributed by atoms with E-state index < -0.39 is 28.8 Å². The van der Waals surface area contributed by atoms with Crippen molar-refractivity contribution in [3.05, 3.63) is 29.3 Å².